The Labute approximate surface area is 251 Å². The number of rotatable bonds is 10. The van der Waals surface area contributed by atoms with Crippen molar-refractivity contribution in [2.75, 3.05) is 70.1 Å². The summed E-state index contributed by atoms with van der Waals surface area (Å²) in [5, 5.41) is 7.58. The molecule has 1 fully saturated rings. The van der Waals surface area contributed by atoms with Gasteiger partial charge in [0.05, 0.1) is 11.4 Å². The maximum atomic E-state index is 13.1. The van der Waals surface area contributed by atoms with Gasteiger partial charge in [0.25, 0.3) is 11.8 Å². The van der Waals surface area contributed by atoms with Gasteiger partial charge >= 0.3 is 0 Å². The number of carbonyl (C=O) groups excluding carboxylic acids is 2. The van der Waals surface area contributed by atoms with E-state index >= 15 is 0 Å². The highest BCUT2D eigenvalue weighted by Crippen LogP contribution is 2.30. The van der Waals surface area contributed by atoms with Crippen LogP contribution in [0.15, 0.2) is 60.7 Å². The highest BCUT2D eigenvalue weighted by Gasteiger charge is 2.22. The predicted molar refractivity (Wildman–Crippen MR) is 166 cm³/mol. The second kappa shape index (κ2) is 14.2. The summed E-state index contributed by atoms with van der Waals surface area (Å²) in [5.74, 6) is -0.541. The van der Waals surface area contributed by atoms with Crippen molar-refractivity contribution < 1.29 is 9.59 Å². The van der Waals surface area contributed by atoms with Gasteiger partial charge in [0, 0.05) is 72.0 Å². The fourth-order valence-electron chi connectivity index (χ4n) is 4.61. The van der Waals surface area contributed by atoms with E-state index in [-0.39, 0.29) is 11.8 Å². The molecule has 0 radical (unpaired) electrons. The van der Waals surface area contributed by atoms with Crippen molar-refractivity contribution in [1.82, 2.24) is 15.1 Å². The van der Waals surface area contributed by atoms with E-state index in [1.54, 1.807) is 54.6 Å². The number of halogens is 3. The topological polar surface area (TPSA) is 67.9 Å². The molecule has 0 atom stereocenters. The molecule has 1 saturated heterocycles. The van der Waals surface area contributed by atoms with E-state index in [0.29, 0.717) is 44.8 Å². The lowest BCUT2D eigenvalue weighted by Gasteiger charge is -2.37. The highest BCUT2D eigenvalue weighted by atomic mass is 35.5. The summed E-state index contributed by atoms with van der Waals surface area (Å²) in [6.07, 6.45) is 0.499. The first-order valence-electron chi connectivity index (χ1n) is 13.3. The van der Waals surface area contributed by atoms with Gasteiger partial charge < -0.3 is 20.4 Å². The first-order valence-corrected chi connectivity index (χ1v) is 14.4. The molecule has 0 saturated carbocycles. The Bertz CT molecular complexity index is 1320. The fourth-order valence-corrected chi connectivity index (χ4v) is 5.38. The summed E-state index contributed by atoms with van der Waals surface area (Å²) in [7, 11) is 4.16. The molecule has 3 aromatic rings. The number of anilines is 2. The van der Waals surface area contributed by atoms with E-state index in [0.717, 1.165) is 50.5 Å². The van der Waals surface area contributed by atoms with Gasteiger partial charge in [0.15, 0.2) is 0 Å². The Morgan fingerprint density at radius 2 is 1.52 bits per heavy atom. The number of nitrogens with one attached hydrogen (secondary N) is 2. The number of benzene rings is 3. The molecule has 7 nitrogen and oxygen atoms in total. The van der Waals surface area contributed by atoms with Gasteiger partial charge in [-0.25, -0.2) is 0 Å². The summed E-state index contributed by atoms with van der Waals surface area (Å²) in [5.41, 5.74) is 3.13. The van der Waals surface area contributed by atoms with Crippen LogP contribution < -0.4 is 15.5 Å². The Balaban J connectivity index is 1.50. The first kappa shape index (κ1) is 30.2. The van der Waals surface area contributed by atoms with Gasteiger partial charge in [-0.15, -0.1) is 0 Å². The number of hydrogen-bond donors (Lipinski definition) is 2. The van der Waals surface area contributed by atoms with Crippen molar-refractivity contribution in [3.63, 3.8) is 0 Å². The molecule has 40 heavy (non-hydrogen) atoms. The molecule has 2 amide bonds. The first-order chi connectivity index (χ1) is 19.2. The smallest absolute Gasteiger partial charge is 0.255 e. The van der Waals surface area contributed by atoms with Crippen LogP contribution in [0.5, 0.6) is 0 Å². The van der Waals surface area contributed by atoms with Crippen LogP contribution in [-0.4, -0.2) is 81.5 Å². The minimum absolute atomic E-state index is 0.249. The second-order valence-corrected chi connectivity index (χ2v) is 11.3. The van der Waals surface area contributed by atoms with E-state index in [2.05, 4.69) is 39.4 Å². The number of likely N-dealkylation sites (N-methyl/N-ethyl adjacent to an activating group) is 1. The average Bonchev–Trinajstić information content (AvgIpc) is 2.93. The normalized spacial score (nSPS) is 13.9. The molecule has 0 aromatic heterocycles. The maximum absolute atomic E-state index is 13.1. The predicted octanol–water partition coefficient (Wildman–Crippen LogP) is 5.56. The third-order valence-corrected chi connectivity index (χ3v) is 7.84. The quantitative estimate of drug-likeness (QED) is 0.318. The highest BCUT2D eigenvalue weighted by molar-refractivity contribution is 6.36. The summed E-state index contributed by atoms with van der Waals surface area (Å²) in [6, 6.07) is 17.6. The zero-order chi connectivity index (χ0) is 28.6. The number of piperazine rings is 1. The van der Waals surface area contributed by atoms with E-state index in [1.807, 2.05) is 6.07 Å². The summed E-state index contributed by atoms with van der Waals surface area (Å²) < 4.78 is 0. The zero-order valence-electron chi connectivity index (χ0n) is 22.7. The second-order valence-electron chi connectivity index (χ2n) is 10.0. The zero-order valence-corrected chi connectivity index (χ0v) is 25.0. The van der Waals surface area contributed by atoms with Crippen molar-refractivity contribution in [3.8, 4) is 0 Å². The van der Waals surface area contributed by atoms with Crippen LogP contribution in [0.3, 0.4) is 0 Å². The molecule has 1 heterocycles. The number of amides is 2. The fraction of sp³-hybridized carbons (Fsp3) is 0.333. The Morgan fingerprint density at radius 3 is 2.20 bits per heavy atom. The summed E-state index contributed by atoms with van der Waals surface area (Å²) >= 11 is 18.7. The Hall–Kier alpha value is -2.81. The molecule has 0 aliphatic carbocycles. The molecule has 1 aliphatic heterocycles. The minimum atomic E-state index is -0.292. The lowest BCUT2D eigenvalue weighted by Crippen LogP contribution is -2.48. The lowest BCUT2D eigenvalue weighted by atomic mass is 10.1. The number of carbonyl (C=O) groups is 2. The van der Waals surface area contributed by atoms with E-state index in [4.69, 9.17) is 34.8 Å². The molecule has 1 aliphatic rings. The third-order valence-electron chi connectivity index (χ3n) is 6.89. The van der Waals surface area contributed by atoms with Crippen LogP contribution in [0.2, 0.25) is 15.1 Å². The molecule has 3 aromatic carbocycles. The molecular weight excluding hydrogens is 569 g/mol. The average molecular weight is 603 g/mol. The van der Waals surface area contributed by atoms with Crippen LogP contribution in [0.1, 0.15) is 26.3 Å². The standard InChI is InChI=1S/C30H34Cl3N5O2/c1-36(2)13-14-37-15-17-38(18-16-37)28-10-9-22(20-27(28)35-30(40)21-5-3-6-23(31)19-21)29(39)34-12-11-24-25(32)7-4-8-26(24)33/h3-10,19-20H,11-18H2,1-2H3,(H,34,39)(H,35,40). The van der Waals surface area contributed by atoms with Crippen molar-refractivity contribution in [3.05, 3.63) is 92.4 Å². The molecule has 0 unspecified atom stereocenters. The molecule has 10 heteroatoms. The van der Waals surface area contributed by atoms with Crippen LogP contribution >= 0.6 is 34.8 Å². The van der Waals surface area contributed by atoms with Crippen molar-refractivity contribution in [2.45, 2.75) is 6.42 Å². The van der Waals surface area contributed by atoms with Crippen molar-refractivity contribution in [1.29, 1.82) is 0 Å². The molecular formula is C30H34Cl3N5O2. The van der Waals surface area contributed by atoms with E-state index < -0.39 is 0 Å². The van der Waals surface area contributed by atoms with Crippen LogP contribution in [-0.2, 0) is 6.42 Å². The summed E-state index contributed by atoms with van der Waals surface area (Å²) in [4.78, 5) is 33.1. The monoisotopic (exact) mass is 601 g/mol. The van der Waals surface area contributed by atoms with Crippen LogP contribution in [0, 0.1) is 0 Å². The van der Waals surface area contributed by atoms with Gasteiger partial charge in [0.2, 0.25) is 0 Å². The van der Waals surface area contributed by atoms with Gasteiger partial charge in [-0.2, -0.15) is 0 Å². The van der Waals surface area contributed by atoms with Crippen molar-refractivity contribution in [2.24, 2.45) is 0 Å². The maximum Gasteiger partial charge on any atom is 0.255 e. The van der Waals surface area contributed by atoms with Gasteiger partial charge in [-0.05, 0) is 74.6 Å². The van der Waals surface area contributed by atoms with E-state index in [9.17, 15) is 9.59 Å². The van der Waals surface area contributed by atoms with Gasteiger partial charge in [0.1, 0.15) is 0 Å². The SMILES string of the molecule is CN(C)CCN1CCN(c2ccc(C(=O)NCCc3c(Cl)cccc3Cl)cc2NC(=O)c2cccc(Cl)c2)CC1. The lowest BCUT2D eigenvalue weighted by molar-refractivity contribution is 0.0952. The Morgan fingerprint density at radius 1 is 0.850 bits per heavy atom. The minimum Gasteiger partial charge on any atom is -0.367 e. The number of nitrogens with zero attached hydrogens (tertiary/aromatic N) is 3. The number of hydrogen-bond acceptors (Lipinski definition) is 5. The molecule has 0 spiro atoms. The molecule has 212 valence electrons. The van der Waals surface area contributed by atoms with Gasteiger partial charge in [-0.1, -0.05) is 46.9 Å². The van der Waals surface area contributed by atoms with E-state index in [1.165, 1.54) is 0 Å². The molecule has 0 bridgehead atoms. The van der Waals surface area contributed by atoms with Crippen LogP contribution in [0.4, 0.5) is 11.4 Å². The molecule has 2 N–H and O–H groups in total. The van der Waals surface area contributed by atoms with Crippen molar-refractivity contribution >= 4 is 58.0 Å². The largest absolute Gasteiger partial charge is 0.367 e. The van der Waals surface area contributed by atoms with Gasteiger partial charge in [-0.3, -0.25) is 14.5 Å². The third kappa shape index (κ3) is 8.12. The molecule has 4 rings (SSSR count). The summed E-state index contributed by atoms with van der Waals surface area (Å²) in [6.45, 7) is 5.86. The van der Waals surface area contributed by atoms with Crippen LogP contribution in [0.25, 0.3) is 0 Å². The Kier molecular flexibility index (Phi) is 10.7.